The molecule has 294 valence electrons. The summed E-state index contributed by atoms with van der Waals surface area (Å²) in [5, 5.41) is 3.30. The second kappa shape index (κ2) is 20.1. The molecule has 2 aliphatic heterocycles. The number of ether oxygens (including phenoxy) is 1. The maximum absolute atomic E-state index is 13.9. The van der Waals surface area contributed by atoms with Crippen molar-refractivity contribution in [3.05, 3.63) is 90.5 Å². The molecule has 2 heterocycles. The van der Waals surface area contributed by atoms with E-state index < -0.39 is 26.3 Å². The number of alkyl halides is 3. The van der Waals surface area contributed by atoms with Gasteiger partial charge in [-0.05, 0) is 85.6 Å². The van der Waals surface area contributed by atoms with Gasteiger partial charge in [0.15, 0.2) is 0 Å². The Morgan fingerprint density at radius 1 is 0.944 bits per heavy atom. The van der Waals surface area contributed by atoms with Crippen LogP contribution in [0.25, 0.3) is 0 Å². The quantitative estimate of drug-likeness (QED) is 0.105. The third kappa shape index (κ3) is 13.2. The number of sulfonamides is 1. The van der Waals surface area contributed by atoms with Crippen LogP contribution >= 0.6 is 23.5 Å². The highest BCUT2D eigenvalue weighted by atomic mass is 32.2. The maximum atomic E-state index is 13.9. The number of nitrogens with one attached hydrogen (secondary N) is 2. The molecule has 9 nitrogen and oxygen atoms in total. The number of benzene rings is 3. The van der Waals surface area contributed by atoms with Crippen molar-refractivity contribution < 1.29 is 31.1 Å². The van der Waals surface area contributed by atoms with Gasteiger partial charge in [0, 0.05) is 97.5 Å². The Kier molecular flexibility index (Phi) is 15.6. The van der Waals surface area contributed by atoms with Crippen molar-refractivity contribution in [2.75, 3.05) is 81.5 Å². The van der Waals surface area contributed by atoms with Crippen LogP contribution < -0.4 is 14.9 Å². The number of hydrogen-bond acceptors (Lipinski definition) is 10. The standard InChI is InChI=1S/C39H50F3N5O4S3/c1-3-8-30(2)28-46-20-22-47(23-21-46)33-13-11-31(12-14-33)38(48)44-54(49,50)35-15-16-36(37(27-35)53-39(40,41)42)43-32(29-52-34-9-5-4-6-10-34)17-19-45-18-7-25-51-26-24-45/h4-6,9-16,27,32,43H,2-3,7-8,17-26,28-29H2,1H3,(H,44,48)/t32-/m1/s1. The van der Waals surface area contributed by atoms with Gasteiger partial charge in [-0.25, -0.2) is 13.1 Å². The lowest BCUT2D eigenvalue weighted by molar-refractivity contribution is -0.0328. The normalized spacial score (nSPS) is 16.8. The average Bonchev–Trinajstić information content (AvgIpc) is 3.42. The summed E-state index contributed by atoms with van der Waals surface area (Å²) in [6.45, 7) is 14.3. The third-order valence-electron chi connectivity index (χ3n) is 9.30. The molecule has 5 rings (SSSR count). The highest BCUT2D eigenvalue weighted by molar-refractivity contribution is 8.00. The predicted molar refractivity (Wildman–Crippen MR) is 213 cm³/mol. The second-order valence-corrected chi connectivity index (χ2v) is 17.4. The first-order valence-electron chi connectivity index (χ1n) is 18.3. The summed E-state index contributed by atoms with van der Waals surface area (Å²) >= 11 is 1.21. The van der Waals surface area contributed by atoms with E-state index in [1.807, 2.05) is 35.1 Å². The summed E-state index contributed by atoms with van der Waals surface area (Å²) in [5.74, 6) is -0.296. The SMILES string of the molecule is C=C(CCC)CN1CCN(c2ccc(C(=O)NS(=O)(=O)c3ccc(N[C@H](CCN4CCCOCC4)CSc4ccccc4)c(SC(F)(F)F)c3)cc2)CC1. The molecule has 0 spiro atoms. The molecule has 2 aliphatic rings. The fraction of sp³-hybridized carbons (Fsp3) is 0.462. The van der Waals surface area contributed by atoms with Crippen LogP contribution in [0.2, 0.25) is 0 Å². The first-order valence-corrected chi connectivity index (χ1v) is 21.6. The molecule has 1 amide bonds. The van der Waals surface area contributed by atoms with E-state index in [2.05, 4.69) is 33.5 Å². The minimum atomic E-state index is -4.68. The van der Waals surface area contributed by atoms with Gasteiger partial charge in [-0.1, -0.05) is 43.7 Å². The minimum absolute atomic E-state index is 0.120. The molecule has 0 bridgehead atoms. The molecule has 0 saturated carbocycles. The molecular weight excluding hydrogens is 756 g/mol. The number of carbonyl (C=O) groups excluding carboxylic acids is 1. The van der Waals surface area contributed by atoms with Crippen LogP contribution in [0.15, 0.2) is 99.6 Å². The molecule has 1 atom stereocenters. The lowest BCUT2D eigenvalue weighted by Gasteiger charge is -2.36. The summed E-state index contributed by atoms with van der Waals surface area (Å²) in [4.78, 5) is 20.3. The van der Waals surface area contributed by atoms with Gasteiger partial charge in [0.25, 0.3) is 15.9 Å². The lowest BCUT2D eigenvalue weighted by Crippen LogP contribution is -2.46. The van der Waals surface area contributed by atoms with Gasteiger partial charge in [0.1, 0.15) is 0 Å². The Morgan fingerprint density at radius 3 is 2.39 bits per heavy atom. The van der Waals surface area contributed by atoms with Crippen LogP contribution in [0.5, 0.6) is 0 Å². The molecule has 2 saturated heterocycles. The summed E-state index contributed by atoms with van der Waals surface area (Å²) in [5.41, 5.74) is -2.25. The number of piperazine rings is 1. The Morgan fingerprint density at radius 2 is 1.69 bits per heavy atom. The van der Waals surface area contributed by atoms with Gasteiger partial charge < -0.3 is 19.9 Å². The third-order valence-corrected chi connectivity index (χ3v) is 12.6. The van der Waals surface area contributed by atoms with E-state index in [4.69, 9.17) is 4.74 Å². The number of amides is 1. The largest absolute Gasteiger partial charge is 0.446 e. The van der Waals surface area contributed by atoms with Gasteiger partial charge in [-0.2, -0.15) is 13.2 Å². The number of rotatable bonds is 17. The fourth-order valence-corrected chi connectivity index (χ4v) is 9.21. The van der Waals surface area contributed by atoms with E-state index in [0.717, 1.165) is 88.3 Å². The first kappa shape index (κ1) is 41.9. The Bertz CT molecular complexity index is 1770. The van der Waals surface area contributed by atoms with Crippen molar-refractivity contribution in [2.45, 2.75) is 58.8 Å². The van der Waals surface area contributed by atoms with Gasteiger partial charge in [-0.15, -0.1) is 11.8 Å². The highest BCUT2D eigenvalue weighted by Crippen LogP contribution is 2.42. The van der Waals surface area contributed by atoms with Crippen LogP contribution in [-0.2, 0) is 14.8 Å². The molecule has 3 aromatic carbocycles. The maximum Gasteiger partial charge on any atom is 0.446 e. The molecular formula is C39H50F3N5O4S3. The summed E-state index contributed by atoms with van der Waals surface area (Å²) in [6.07, 6.45) is 3.65. The predicted octanol–water partition coefficient (Wildman–Crippen LogP) is 7.58. The number of halogens is 3. The average molecular weight is 806 g/mol. The number of hydrogen-bond donors (Lipinski definition) is 2. The Hall–Kier alpha value is -3.21. The second-order valence-electron chi connectivity index (χ2n) is 13.5. The van der Waals surface area contributed by atoms with Gasteiger partial charge in [0.05, 0.1) is 11.5 Å². The van der Waals surface area contributed by atoms with E-state index in [1.54, 1.807) is 36.0 Å². The molecule has 54 heavy (non-hydrogen) atoms. The molecule has 0 aromatic heterocycles. The minimum Gasteiger partial charge on any atom is -0.381 e. The molecule has 15 heteroatoms. The van der Waals surface area contributed by atoms with Crippen LogP contribution in [0.3, 0.4) is 0 Å². The van der Waals surface area contributed by atoms with Gasteiger partial charge >= 0.3 is 5.51 Å². The number of carbonyl (C=O) groups is 1. The summed E-state index contributed by atoms with van der Waals surface area (Å²) in [6, 6.07) is 19.7. The number of thioether (sulfide) groups is 2. The number of nitrogens with zero attached hydrogens (tertiary/aromatic N) is 3. The van der Waals surface area contributed by atoms with Crippen LogP contribution in [0, 0.1) is 0 Å². The molecule has 2 N–H and O–H groups in total. The Labute approximate surface area is 326 Å². The summed E-state index contributed by atoms with van der Waals surface area (Å²) < 4.78 is 76.0. The van der Waals surface area contributed by atoms with E-state index in [0.29, 0.717) is 25.4 Å². The molecule has 2 fully saturated rings. The molecule has 0 unspecified atom stereocenters. The molecule has 3 aromatic rings. The zero-order valence-electron chi connectivity index (χ0n) is 30.7. The monoisotopic (exact) mass is 805 g/mol. The van der Waals surface area contributed by atoms with Crippen molar-refractivity contribution in [1.82, 2.24) is 14.5 Å². The van der Waals surface area contributed by atoms with Gasteiger partial charge in [-0.3, -0.25) is 9.69 Å². The van der Waals surface area contributed by atoms with E-state index in [9.17, 15) is 26.4 Å². The van der Waals surface area contributed by atoms with Crippen molar-refractivity contribution in [3.63, 3.8) is 0 Å². The van der Waals surface area contributed by atoms with Crippen molar-refractivity contribution >= 4 is 50.8 Å². The smallest absolute Gasteiger partial charge is 0.381 e. The molecule has 0 aliphatic carbocycles. The van der Waals surface area contributed by atoms with Crippen molar-refractivity contribution in [1.29, 1.82) is 0 Å². The van der Waals surface area contributed by atoms with E-state index in [-0.39, 0.29) is 34.0 Å². The van der Waals surface area contributed by atoms with E-state index >= 15 is 0 Å². The molecule has 0 radical (unpaired) electrons. The van der Waals surface area contributed by atoms with Crippen molar-refractivity contribution in [2.24, 2.45) is 0 Å². The van der Waals surface area contributed by atoms with Crippen LogP contribution in [0.4, 0.5) is 24.5 Å². The Balaban J connectivity index is 1.26. The number of anilines is 2. The van der Waals surface area contributed by atoms with Crippen molar-refractivity contribution in [3.8, 4) is 0 Å². The van der Waals surface area contributed by atoms with E-state index in [1.165, 1.54) is 17.7 Å². The first-order chi connectivity index (χ1) is 25.9. The topological polar surface area (TPSA) is 94.2 Å². The van der Waals surface area contributed by atoms with Crippen LogP contribution in [0.1, 0.15) is 43.0 Å². The summed E-state index contributed by atoms with van der Waals surface area (Å²) in [7, 11) is -4.51. The van der Waals surface area contributed by atoms with Crippen LogP contribution in [-0.4, -0.2) is 107 Å². The lowest BCUT2D eigenvalue weighted by atomic mass is 10.1. The highest BCUT2D eigenvalue weighted by Gasteiger charge is 2.32. The van der Waals surface area contributed by atoms with Gasteiger partial charge in [0.2, 0.25) is 0 Å². The fourth-order valence-electron chi connectivity index (χ4n) is 6.47. The zero-order chi connectivity index (χ0) is 38.6. The zero-order valence-corrected chi connectivity index (χ0v) is 33.1.